The van der Waals surface area contributed by atoms with Gasteiger partial charge in [0, 0.05) is 11.6 Å². The van der Waals surface area contributed by atoms with Gasteiger partial charge in [-0.25, -0.2) is 4.79 Å². The number of carbonyl (C=O) groups is 1. The van der Waals surface area contributed by atoms with Gasteiger partial charge in [0.25, 0.3) is 0 Å². The second-order valence-electron chi connectivity index (χ2n) is 3.77. The fraction of sp³-hybridized carbons (Fsp3) is 0.231. The lowest BCUT2D eigenvalue weighted by Crippen LogP contribution is -2.16. The van der Waals surface area contributed by atoms with Crippen LogP contribution in [0, 0.1) is 3.57 Å². The smallest absolute Gasteiger partial charge is 0.344 e. The lowest BCUT2D eigenvalue weighted by Gasteiger charge is -2.11. The zero-order chi connectivity index (χ0) is 14.5. The fourth-order valence-electron chi connectivity index (χ4n) is 1.61. The zero-order valence-electron chi connectivity index (χ0n) is 10.2. The fourth-order valence-corrected chi connectivity index (χ4v) is 2.85. The highest BCUT2D eigenvalue weighted by Crippen LogP contribution is 2.34. The van der Waals surface area contributed by atoms with Gasteiger partial charge in [0.1, 0.15) is 12.1 Å². The Labute approximate surface area is 139 Å². The lowest BCUT2D eigenvalue weighted by molar-refractivity contribution is -0.145. The van der Waals surface area contributed by atoms with E-state index in [2.05, 4.69) is 27.6 Å². The Morgan fingerprint density at radius 3 is 3.00 bits per heavy atom. The van der Waals surface area contributed by atoms with Crippen molar-refractivity contribution >= 4 is 62.7 Å². The van der Waals surface area contributed by atoms with Crippen LogP contribution >= 0.6 is 45.8 Å². The van der Waals surface area contributed by atoms with Crippen molar-refractivity contribution < 1.29 is 14.3 Å². The number of pyridine rings is 1. The number of fused-ring (bicyclic) bond motifs is 1. The monoisotopic (exact) mass is 425 g/mol. The number of carbonyl (C=O) groups excluding carboxylic acids is 1. The van der Waals surface area contributed by atoms with Gasteiger partial charge in [-0.3, -0.25) is 4.98 Å². The van der Waals surface area contributed by atoms with Gasteiger partial charge in [-0.2, -0.15) is 0 Å². The minimum Gasteiger partial charge on any atom is -0.478 e. The molecule has 20 heavy (non-hydrogen) atoms. The zero-order valence-corrected chi connectivity index (χ0v) is 13.9. The largest absolute Gasteiger partial charge is 0.478 e. The molecule has 1 aromatic carbocycles. The molecule has 7 heteroatoms. The van der Waals surface area contributed by atoms with Crippen molar-refractivity contribution in [3.63, 3.8) is 0 Å². The molecule has 0 radical (unpaired) electrons. The Morgan fingerprint density at radius 2 is 2.25 bits per heavy atom. The third kappa shape index (κ3) is 3.65. The van der Waals surface area contributed by atoms with Gasteiger partial charge < -0.3 is 9.47 Å². The summed E-state index contributed by atoms with van der Waals surface area (Å²) >= 11 is 13.7. The van der Waals surface area contributed by atoms with E-state index in [1.807, 2.05) is 6.07 Å². The summed E-state index contributed by atoms with van der Waals surface area (Å²) in [6.45, 7) is -0.0271. The van der Waals surface area contributed by atoms with Crippen molar-refractivity contribution in [2.75, 3.05) is 19.1 Å². The summed E-state index contributed by atoms with van der Waals surface area (Å²) in [5.74, 6) is 0.309. The summed E-state index contributed by atoms with van der Waals surface area (Å²) < 4.78 is 11.1. The Bertz CT molecular complexity index is 636. The maximum absolute atomic E-state index is 11.4. The van der Waals surface area contributed by atoms with E-state index in [0.29, 0.717) is 16.3 Å². The van der Waals surface area contributed by atoms with Crippen molar-refractivity contribution in [2.24, 2.45) is 0 Å². The molecule has 0 atom stereocenters. The highest BCUT2D eigenvalue weighted by molar-refractivity contribution is 14.1. The van der Waals surface area contributed by atoms with Crippen LogP contribution in [-0.2, 0) is 9.53 Å². The standard InChI is InChI=1S/C13H10Cl2INO3/c14-3-5-19-11(18)7-20-13-10(16)6-9(15)8-2-1-4-17-12(8)13/h1-2,4,6H,3,5,7H2. The number of hydrogen-bond acceptors (Lipinski definition) is 4. The van der Waals surface area contributed by atoms with Crippen LogP contribution in [-0.4, -0.2) is 30.0 Å². The molecule has 4 nitrogen and oxygen atoms in total. The van der Waals surface area contributed by atoms with Crippen LogP contribution in [0.3, 0.4) is 0 Å². The lowest BCUT2D eigenvalue weighted by atomic mass is 10.2. The molecule has 2 aromatic rings. The number of ether oxygens (including phenoxy) is 2. The maximum atomic E-state index is 11.4. The molecule has 2 rings (SSSR count). The van der Waals surface area contributed by atoms with E-state index in [-0.39, 0.29) is 19.1 Å². The van der Waals surface area contributed by atoms with Crippen LogP contribution in [0.1, 0.15) is 0 Å². The summed E-state index contributed by atoms with van der Waals surface area (Å²) in [4.78, 5) is 15.7. The number of esters is 1. The number of rotatable bonds is 5. The van der Waals surface area contributed by atoms with Crippen LogP contribution in [0.25, 0.3) is 10.9 Å². The summed E-state index contributed by atoms with van der Waals surface area (Å²) in [6, 6.07) is 5.41. The molecule has 106 valence electrons. The summed E-state index contributed by atoms with van der Waals surface area (Å²) in [6.07, 6.45) is 1.65. The van der Waals surface area contributed by atoms with Crippen molar-refractivity contribution in [1.29, 1.82) is 0 Å². The van der Waals surface area contributed by atoms with Gasteiger partial charge in [-0.05, 0) is 40.8 Å². The van der Waals surface area contributed by atoms with Crippen LogP contribution in [0.2, 0.25) is 5.02 Å². The maximum Gasteiger partial charge on any atom is 0.344 e. The first-order valence-electron chi connectivity index (χ1n) is 5.70. The Morgan fingerprint density at radius 1 is 1.45 bits per heavy atom. The molecular formula is C13H10Cl2INO3. The second kappa shape index (κ2) is 7.28. The van der Waals surface area contributed by atoms with Gasteiger partial charge >= 0.3 is 5.97 Å². The highest BCUT2D eigenvalue weighted by Gasteiger charge is 2.14. The van der Waals surface area contributed by atoms with Gasteiger partial charge in [0.05, 0.1) is 14.5 Å². The van der Waals surface area contributed by atoms with E-state index in [1.165, 1.54) is 0 Å². The second-order valence-corrected chi connectivity index (χ2v) is 5.71. The first-order valence-corrected chi connectivity index (χ1v) is 7.69. The molecule has 0 spiro atoms. The number of hydrogen-bond donors (Lipinski definition) is 0. The molecule has 0 aliphatic heterocycles. The predicted molar refractivity (Wildman–Crippen MR) is 86.6 cm³/mol. The molecular weight excluding hydrogens is 416 g/mol. The minimum absolute atomic E-state index is 0.167. The molecule has 0 amide bonds. The highest BCUT2D eigenvalue weighted by atomic mass is 127. The van der Waals surface area contributed by atoms with Gasteiger partial charge in [-0.15, -0.1) is 11.6 Å². The molecule has 0 unspecified atom stereocenters. The molecule has 1 aromatic heterocycles. The summed E-state index contributed by atoms with van der Waals surface area (Å²) in [5, 5.41) is 1.37. The average molecular weight is 426 g/mol. The van der Waals surface area contributed by atoms with E-state index >= 15 is 0 Å². The Balaban J connectivity index is 2.23. The van der Waals surface area contributed by atoms with Crippen LogP contribution in [0.15, 0.2) is 24.4 Å². The van der Waals surface area contributed by atoms with Gasteiger partial charge in [0.15, 0.2) is 12.4 Å². The SMILES string of the molecule is O=C(COc1c(I)cc(Cl)c2cccnc12)OCCCl. The van der Waals surface area contributed by atoms with Crippen LogP contribution < -0.4 is 4.74 Å². The number of benzene rings is 1. The molecule has 0 saturated carbocycles. The van der Waals surface area contributed by atoms with Crippen molar-refractivity contribution in [1.82, 2.24) is 4.98 Å². The van der Waals surface area contributed by atoms with E-state index in [4.69, 9.17) is 32.7 Å². The third-order valence-corrected chi connectivity index (χ3v) is 3.69. The number of halogens is 3. The van der Waals surface area contributed by atoms with Crippen molar-refractivity contribution in [3.05, 3.63) is 33.0 Å². The number of aromatic nitrogens is 1. The summed E-state index contributed by atoms with van der Waals surface area (Å²) in [5.41, 5.74) is 0.620. The van der Waals surface area contributed by atoms with E-state index in [0.717, 1.165) is 8.96 Å². The van der Waals surface area contributed by atoms with Crippen LogP contribution in [0.5, 0.6) is 5.75 Å². The molecule has 0 bridgehead atoms. The topological polar surface area (TPSA) is 48.4 Å². The van der Waals surface area contributed by atoms with Crippen molar-refractivity contribution in [2.45, 2.75) is 0 Å². The molecule has 0 fully saturated rings. The van der Waals surface area contributed by atoms with Gasteiger partial charge in [0.2, 0.25) is 0 Å². The quantitative estimate of drug-likeness (QED) is 0.416. The molecule has 1 heterocycles. The van der Waals surface area contributed by atoms with Crippen LogP contribution in [0.4, 0.5) is 0 Å². The molecule has 0 aliphatic carbocycles. The molecule has 0 saturated heterocycles. The van der Waals surface area contributed by atoms with Crippen molar-refractivity contribution in [3.8, 4) is 5.75 Å². The normalized spacial score (nSPS) is 10.6. The summed E-state index contributed by atoms with van der Waals surface area (Å²) in [7, 11) is 0. The minimum atomic E-state index is -0.472. The van der Waals surface area contributed by atoms with E-state index in [1.54, 1.807) is 18.3 Å². The van der Waals surface area contributed by atoms with E-state index in [9.17, 15) is 4.79 Å². The van der Waals surface area contributed by atoms with E-state index < -0.39 is 5.97 Å². The van der Waals surface area contributed by atoms with Gasteiger partial charge in [-0.1, -0.05) is 11.6 Å². The first kappa shape index (κ1) is 15.6. The number of alkyl halides is 1. The average Bonchev–Trinajstić information content (AvgIpc) is 2.45. The molecule has 0 N–H and O–H groups in total. The Kier molecular flexibility index (Phi) is 5.68. The number of nitrogens with zero attached hydrogens (tertiary/aromatic N) is 1. The first-order chi connectivity index (χ1) is 9.63. The molecule has 0 aliphatic rings. The third-order valence-electron chi connectivity index (χ3n) is 2.43. The predicted octanol–water partition coefficient (Wildman–Crippen LogP) is 3.65. The Hall–Kier alpha value is -0.790.